The standard InChI is InChI=1S/C16H20O3/c1-13(17)16(11-12-19-15(16)18)10-6-5-9-14-7-3-2-4-8-14/h2-4,7-8H,5-6,9-12H2,1H3. The summed E-state index contributed by atoms with van der Waals surface area (Å²) in [5.74, 6) is -0.366. The molecule has 1 aromatic rings. The van der Waals surface area contributed by atoms with Crippen LogP contribution in [0.5, 0.6) is 0 Å². The maximum Gasteiger partial charge on any atom is 0.319 e. The van der Waals surface area contributed by atoms with Crippen molar-refractivity contribution in [1.82, 2.24) is 0 Å². The summed E-state index contributed by atoms with van der Waals surface area (Å²) in [5.41, 5.74) is 0.449. The van der Waals surface area contributed by atoms with E-state index in [-0.39, 0.29) is 11.8 Å². The Morgan fingerprint density at radius 1 is 1.26 bits per heavy atom. The maximum absolute atomic E-state index is 11.8. The minimum atomic E-state index is -0.851. The number of benzene rings is 1. The third-order valence-electron chi connectivity index (χ3n) is 3.99. The minimum absolute atomic E-state index is 0.0466. The summed E-state index contributed by atoms with van der Waals surface area (Å²) in [6, 6.07) is 10.3. The van der Waals surface area contributed by atoms with Crippen molar-refractivity contribution in [2.75, 3.05) is 6.61 Å². The number of aryl methyl sites for hydroxylation is 1. The van der Waals surface area contributed by atoms with Crippen molar-refractivity contribution in [3.05, 3.63) is 35.9 Å². The predicted molar refractivity (Wildman–Crippen MR) is 72.7 cm³/mol. The molecule has 1 saturated heterocycles. The Morgan fingerprint density at radius 2 is 2.00 bits per heavy atom. The van der Waals surface area contributed by atoms with Gasteiger partial charge in [0.25, 0.3) is 0 Å². The first-order valence-electron chi connectivity index (χ1n) is 6.87. The molecule has 0 amide bonds. The zero-order valence-electron chi connectivity index (χ0n) is 11.4. The molecule has 1 atom stereocenters. The van der Waals surface area contributed by atoms with Gasteiger partial charge in [-0.2, -0.15) is 0 Å². The molecule has 0 radical (unpaired) electrons. The Hall–Kier alpha value is -1.64. The van der Waals surface area contributed by atoms with E-state index in [0.717, 1.165) is 19.3 Å². The molecule has 1 aromatic carbocycles. The predicted octanol–water partition coefficient (Wildman–Crippen LogP) is 2.92. The fourth-order valence-electron chi connectivity index (χ4n) is 2.68. The van der Waals surface area contributed by atoms with Crippen molar-refractivity contribution < 1.29 is 14.3 Å². The molecule has 0 aromatic heterocycles. The SMILES string of the molecule is CC(=O)C1(CCCCc2ccccc2)CCOC1=O. The Morgan fingerprint density at radius 3 is 2.58 bits per heavy atom. The average Bonchev–Trinajstić information content (AvgIpc) is 2.78. The number of ketones is 1. The van der Waals surface area contributed by atoms with Crippen molar-refractivity contribution in [1.29, 1.82) is 0 Å². The van der Waals surface area contributed by atoms with Gasteiger partial charge in [-0.15, -0.1) is 0 Å². The second-order valence-electron chi connectivity index (χ2n) is 5.22. The van der Waals surface area contributed by atoms with Gasteiger partial charge in [0.15, 0.2) is 0 Å². The fourth-order valence-corrected chi connectivity index (χ4v) is 2.68. The largest absolute Gasteiger partial charge is 0.465 e. The van der Waals surface area contributed by atoms with Gasteiger partial charge >= 0.3 is 5.97 Å². The highest BCUT2D eigenvalue weighted by molar-refractivity contribution is 6.03. The summed E-state index contributed by atoms with van der Waals surface area (Å²) in [5, 5.41) is 0. The van der Waals surface area contributed by atoms with Gasteiger partial charge < -0.3 is 4.74 Å². The third-order valence-corrected chi connectivity index (χ3v) is 3.99. The van der Waals surface area contributed by atoms with E-state index in [1.54, 1.807) is 0 Å². The van der Waals surface area contributed by atoms with Crippen LogP contribution in [0.1, 0.15) is 38.2 Å². The lowest BCUT2D eigenvalue weighted by Crippen LogP contribution is -2.34. The molecule has 0 spiro atoms. The molecule has 3 nitrogen and oxygen atoms in total. The number of cyclic esters (lactones) is 1. The first-order valence-corrected chi connectivity index (χ1v) is 6.87. The van der Waals surface area contributed by atoms with Crippen LogP contribution >= 0.6 is 0 Å². The fraction of sp³-hybridized carbons (Fsp3) is 0.500. The second kappa shape index (κ2) is 6.00. The number of rotatable bonds is 6. The van der Waals surface area contributed by atoms with E-state index in [9.17, 15) is 9.59 Å². The number of carbonyl (C=O) groups excluding carboxylic acids is 2. The maximum atomic E-state index is 11.8. The summed E-state index contributed by atoms with van der Waals surface area (Å²) in [6.45, 7) is 1.89. The van der Waals surface area contributed by atoms with E-state index in [2.05, 4.69) is 12.1 Å². The molecule has 1 aliphatic heterocycles. The van der Waals surface area contributed by atoms with Gasteiger partial charge in [0, 0.05) is 6.42 Å². The summed E-state index contributed by atoms with van der Waals surface area (Å²) in [6.07, 6.45) is 4.03. The van der Waals surface area contributed by atoms with Gasteiger partial charge in [0.2, 0.25) is 0 Å². The van der Waals surface area contributed by atoms with Crippen molar-refractivity contribution in [2.24, 2.45) is 5.41 Å². The number of ether oxygens (including phenoxy) is 1. The van der Waals surface area contributed by atoms with Crippen LogP contribution in [0.25, 0.3) is 0 Å². The summed E-state index contributed by atoms with van der Waals surface area (Å²) in [7, 11) is 0. The summed E-state index contributed by atoms with van der Waals surface area (Å²) >= 11 is 0. The van der Waals surface area contributed by atoms with E-state index >= 15 is 0 Å². The van der Waals surface area contributed by atoms with E-state index in [1.807, 2.05) is 18.2 Å². The summed E-state index contributed by atoms with van der Waals surface area (Å²) in [4.78, 5) is 23.5. The van der Waals surface area contributed by atoms with Gasteiger partial charge in [-0.1, -0.05) is 36.8 Å². The van der Waals surface area contributed by atoms with E-state index in [4.69, 9.17) is 4.74 Å². The van der Waals surface area contributed by atoms with E-state index in [1.165, 1.54) is 12.5 Å². The molecule has 1 unspecified atom stereocenters. The van der Waals surface area contributed by atoms with Crippen molar-refractivity contribution in [2.45, 2.75) is 39.0 Å². The second-order valence-corrected chi connectivity index (χ2v) is 5.22. The molecule has 102 valence electrons. The van der Waals surface area contributed by atoms with Crippen molar-refractivity contribution in [3.8, 4) is 0 Å². The van der Waals surface area contributed by atoms with Crippen LogP contribution in [0.3, 0.4) is 0 Å². The van der Waals surface area contributed by atoms with Crippen LogP contribution in [0.2, 0.25) is 0 Å². The molecule has 0 N–H and O–H groups in total. The highest BCUT2D eigenvalue weighted by Crippen LogP contribution is 2.36. The number of unbranched alkanes of at least 4 members (excludes halogenated alkanes) is 1. The van der Waals surface area contributed by atoms with Gasteiger partial charge in [-0.25, -0.2) is 0 Å². The van der Waals surface area contributed by atoms with Gasteiger partial charge in [-0.3, -0.25) is 9.59 Å². The quantitative estimate of drug-likeness (QED) is 0.449. The number of esters is 1. The number of hydrogen-bond acceptors (Lipinski definition) is 3. The minimum Gasteiger partial charge on any atom is -0.465 e. The molecular weight excluding hydrogens is 240 g/mol. The molecular formula is C16H20O3. The van der Waals surface area contributed by atoms with Crippen molar-refractivity contribution >= 4 is 11.8 Å². The van der Waals surface area contributed by atoms with Crippen molar-refractivity contribution in [3.63, 3.8) is 0 Å². The first-order chi connectivity index (χ1) is 9.15. The number of hydrogen-bond donors (Lipinski definition) is 0. The molecule has 0 saturated carbocycles. The Balaban J connectivity index is 1.84. The average molecular weight is 260 g/mol. The molecule has 0 bridgehead atoms. The summed E-state index contributed by atoms with van der Waals surface area (Å²) < 4.78 is 4.99. The Labute approximate surface area is 114 Å². The number of carbonyl (C=O) groups is 2. The zero-order valence-corrected chi connectivity index (χ0v) is 11.4. The van der Waals surface area contributed by atoms with Gasteiger partial charge in [-0.05, 0) is 31.7 Å². The highest BCUT2D eigenvalue weighted by Gasteiger charge is 2.47. The normalized spacial score (nSPS) is 22.3. The van der Waals surface area contributed by atoms with Crippen LogP contribution in [0.4, 0.5) is 0 Å². The molecule has 1 heterocycles. The van der Waals surface area contributed by atoms with E-state index in [0.29, 0.717) is 19.4 Å². The molecule has 19 heavy (non-hydrogen) atoms. The van der Waals surface area contributed by atoms with Crippen LogP contribution in [0.15, 0.2) is 30.3 Å². The van der Waals surface area contributed by atoms with Crippen LogP contribution in [-0.2, 0) is 20.7 Å². The molecule has 3 heteroatoms. The number of Topliss-reactive ketones (excluding diaryl/α,β-unsaturated/α-hetero) is 1. The lowest BCUT2D eigenvalue weighted by molar-refractivity contribution is -0.151. The Kier molecular flexibility index (Phi) is 4.35. The molecule has 1 fully saturated rings. The Bertz CT molecular complexity index is 452. The zero-order chi connectivity index (χ0) is 13.7. The molecule has 0 aliphatic carbocycles. The lowest BCUT2D eigenvalue weighted by Gasteiger charge is -2.20. The van der Waals surface area contributed by atoms with Crippen LogP contribution in [0, 0.1) is 5.41 Å². The third kappa shape index (κ3) is 3.03. The van der Waals surface area contributed by atoms with Crippen LogP contribution in [-0.4, -0.2) is 18.4 Å². The molecule has 1 aliphatic rings. The van der Waals surface area contributed by atoms with Gasteiger partial charge in [0.1, 0.15) is 11.2 Å². The molecule has 2 rings (SSSR count). The topological polar surface area (TPSA) is 43.4 Å². The highest BCUT2D eigenvalue weighted by atomic mass is 16.5. The monoisotopic (exact) mass is 260 g/mol. The lowest BCUT2D eigenvalue weighted by atomic mass is 9.78. The first kappa shape index (κ1) is 13.8. The van der Waals surface area contributed by atoms with Crippen LogP contribution < -0.4 is 0 Å². The van der Waals surface area contributed by atoms with E-state index < -0.39 is 5.41 Å². The smallest absolute Gasteiger partial charge is 0.319 e. The van der Waals surface area contributed by atoms with Gasteiger partial charge in [0.05, 0.1) is 6.61 Å².